The molecule has 0 saturated carbocycles. The van der Waals surface area contributed by atoms with Crippen LogP contribution in [-0.2, 0) is 0 Å². The Morgan fingerprint density at radius 3 is 1.72 bits per heavy atom. The molecule has 0 aliphatic rings. The van der Waals surface area contributed by atoms with E-state index in [0.29, 0.717) is 5.56 Å². The van der Waals surface area contributed by atoms with Crippen LogP contribution in [0.1, 0.15) is 28.8 Å². The van der Waals surface area contributed by atoms with Gasteiger partial charge in [-0.1, -0.05) is 176 Å². The van der Waals surface area contributed by atoms with Gasteiger partial charge < -0.3 is 4.42 Å². The summed E-state index contributed by atoms with van der Waals surface area (Å²) < 4.78 is 199. The highest BCUT2D eigenvalue weighted by atomic mass is 16.3. The molecular formula is C56H34O. The first kappa shape index (κ1) is 17.5. The molecule has 11 aromatic carbocycles. The van der Waals surface area contributed by atoms with E-state index in [0.717, 1.165) is 10.8 Å². The van der Waals surface area contributed by atoms with Gasteiger partial charge in [-0.25, -0.2) is 0 Å². The summed E-state index contributed by atoms with van der Waals surface area (Å²) in [6.45, 7) is 0. The number of hydrogen-bond donors (Lipinski definition) is 0. The number of furan rings is 1. The zero-order valence-electron chi connectivity index (χ0n) is 50.4. The lowest BCUT2D eigenvalue weighted by Gasteiger charge is -2.20. The van der Waals surface area contributed by atoms with Crippen LogP contribution in [0.15, 0.2) is 210 Å². The fraction of sp³-hybridized carbons (Fsp3) is 0. The van der Waals surface area contributed by atoms with Crippen LogP contribution in [-0.4, -0.2) is 0 Å². The van der Waals surface area contributed by atoms with E-state index < -0.39 is 135 Å². The lowest BCUT2D eigenvalue weighted by atomic mass is 9.83. The third kappa shape index (κ3) is 4.96. The van der Waals surface area contributed by atoms with Crippen molar-refractivity contribution in [2.75, 3.05) is 0 Å². The third-order valence-corrected chi connectivity index (χ3v) is 10.4. The maximum absolute atomic E-state index is 9.79. The van der Waals surface area contributed by atoms with Crippen molar-refractivity contribution in [2.24, 2.45) is 0 Å². The molecule has 0 fully saturated rings. The molecule has 0 saturated heterocycles. The molecule has 57 heavy (non-hydrogen) atoms. The summed E-state index contributed by atoms with van der Waals surface area (Å²) in [5.41, 5.74) is -0.841. The summed E-state index contributed by atoms with van der Waals surface area (Å²) in [7, 11) is 0. The molecule has 0 aliphatic carbocycles. The summed E-state index contributed by atoms with van der Waals surface area (Å²) in [6.07, 6.45) is 0. The van der Waals surface area contributed by atoms with Crippen molar-refractivity contribution in [3.8, 4) is 44.5 Å². The topological polar surface area (TPSA) is 13.1 Å². The monoisotopic (exact) mass is 743 g/mol. The summed E-state index contributed by atoms with van der Waals surface area (Å²) in [5, 5.41) is -0.440. The van der Waals surface area contributed by atoms with E-state index in [1.165, 1.54) is 6.07 Å². The van der Waals surface area contributed by atoms with Gasteiger partial charge in [0.15, 0.2) is 0 Å². The summed E-state index contributed by atoms with van der Waals surface area (Å²) in [6, 6.07) is 8.45. The Hall–Kier alpha value is -7.48. The second-order valence-corrected chi connectivity index (χ2v) is 13.5. The minimum Gasteiger partial charge on any atom is -0.456 e. The van der Waals surface area contributed by atoms with Gasteiger partial charge in [0.25, 0.3) is 0 Å². The van der Waals surface area contributed by atoms with E-state index in [9.17, 15) is 15.1 Å². The lowest BCUT2D eigenvalue weighted by molar-refractivity contribution is 0.669. The molecule has 264 valence electrons. The van der Waals surface area contributed by atoms with Gasteiger partial charge in [0.05, 0.1) is 28.8 Å². The number of hydrogen-bond acceptors (Lipinski definition) is 1. The molecule has 0 spiro atoms. The van der Waals surface area contributed by atoms with E-state index in [4.69, 9.17) is 18.1 Å². The molecule has 0 amide bonds. The highest BCUT2D eigenvalue weighted by Crippen LogP contribution is 2.47. The van der Waals surface area contributed by atoms with E-state index in [2.05, 4.69) is 0 Å². The zero-order chi connectivity index (χ0) is 55.7. The second-order valence-electron chi connectivity index (χ2n) is 13.5. The van der Waals surface area contributed by atoms with Crippen LogP contribution < -0.4 is 0 Å². The molecule has 12 aromatic rings. The van der Waals surface area contributed by atoms with E-state index in [1.807, 2.05) is 30.3 Å². The minimum absolute atomic E-state index is 0.0828. The molecule has 1 heterocycles. The predicted molar refractivity (Wildman–Crippen MR) is 243 cm³/mol. The molecule has 0 N–H and O–H groups in total. The van der Waals surface area contributed by atoms with Gasteiger partial charge in [0.1, 0.15) is 11.2 Å². The highest BCUT2D eigenvalue weighted by molar-refractivity contribution is 6.25. The largest absolute Gasteiger partial charge is 0.456 e. The van der Waals surface area contributed by atoms with Gasteiger partial charge in [-0.3, -0.25) is 0 Å². The quantitative estimate of drug-likeness (QED) is 0.164. The maximum Gasteiger partial charge on any atom is 0.136 e. The Kier molecular flexibility index (Phi) is 3.86. The van der Waals surface area contributed by atoms with E-state index in [1.54, 1.807) is 42.5 Å². The third-order valence-electron chi connectivity index (χ3n) is 10.4. The van der Waals surface area contributed by atoms with Gasteiger partial charge in [-0.05, 0) is 129 Å². The van der Waals surface area contributed by atoms with Crippen molar-refractivity contribution >= 4 is 75.8 Å². The Bertz CT molecular complexity index is 4720. The first-order valence-corrected chi connectivity index (χ1v) is 18.0. The van der Waals surface area contributed by atoms with Crippen molar-refractivity contribution in [2.45, 2.75) is 0 Å². The molecule has 1 aromatic heterocycles. The van der Waals surface area contributed by atoms with E-state index >= 15 is 0 Å². The lowest BCUT2D eigenvalue weighted by Crippen LogP contribution is -1.92. The van der Waals surface area contributed by atoms with Crippen LogP contribution in [0.5, 0.6) is 0 Å². The van der Waals surface area contributed by atoms with Gasteiger partial charge >= 0.3 is 0 Å². The van der Waals surface area contributed by atoms with Crippen LogP contribution in [0.4, 0.5) is 0 Å². The molecular weight excluding hydrogens is 689 g/mol. The first-order chi connectivity index (χ1) is 37.0. The van der Waals surface area contributed by atoms with Crippen molar-refractivity contribution in [3.05, 3.63) is 206 Å². The van der Waals surface area contributed by atoms with Crippen LogP contribution in [0, 0.1) is 0 Å². The van der Waals surface area contributed by atoms with Crippen molar-refractivity contribution in [1.82, 2.24) is 0 Å². The van der Waals surface area contributed by atoms with Gasteiger partial charge in [0, 0.05) is 10.8 Å². The van der Waals surface area contributed by atoms with Crippen LogP contribution >= 0.6 is 0 Å². The molecule has 12 rings (SSSR count). The standard InChI is InChI=1S/C56H34O/c1-2-14-37-32-38(27-26-35(37)12-1)39-28-30-45-52-33-40(29-31-53(52)57-54(45)34-39)42-21-10-23-44-43(42)22-11-25-47(44)56-50-19-7-5-17-48(50)55(49-18-6-8-20-51(49)56)46-24-9-15-36-13-3-4-16-41(36)46/h1-34H/i3D,4D,5D,6D,7D,8D,9D,13D,15D,16D,17D,18D,19D,20D,24D,28D,29D,30D,31D,33D,34D. The van der Waals surface area contributed by atoms with Crippen LogP contribution in [0.25, 0.3) is 120 Å². The molecule has 0 bridgehead atoms. The summed E-state index contributed by atoms with van der Waals surface area (Å²) >= 11 is 0. The van der Waals surface area contributed by atoms with Gasteiger partial charge in [-0.15, -0.1) is 0 Å². The number of rotatable bonds is 4. The Balaban J connectivity index is 1.21. The maximum atomic E-state index is 9.79. The fourth-order valence-electron chi connectivity index (χ4n) is 7.91. The minimum atomic E-state index is -0.832. The highest BCUT2D eigenvalue weighted by Gasteiger charge is 2.20. The van der Waals surface area contributed by atoms with Crippen LogP contribution in [0.3, 0.4) is 0 Å². The predicted octanol–water partition coefficient (Wildman–Crippen LogP) is 16.0. The molecule has 0 unspecified atom stereocenters. The van der Waals surface area contributed by atoms with Crippen LogP contribution in [0.2, 0.25) is 0 Å². The SMILES string of the molecule is [2H]c1c(-c2cccc3c(-c4c5c([2H])c([2H])c([2H])c([2H])c5c(-c5c([2H])c([2H])c([2H])c6c([2H])c([2H])c([2H])c([2H])c56)c5c([2H])c([2H])c([2H])c([2H])c45)cccc23)c([2H])c2c(oc3c([2H])c(-c4ccc5ccccc5c4)c([2H])c([2H])c32)c1[2H]. The smallest absolute Gasteiger partial charge is 0.136 e. The summed E-state index contributed by atoms with van der Waals surface area (Å²) in [4.78, 5) is 0. The Morgan fingerprint density at radius 1 is 0.316 bits per heavy atom. The number of fused-ring (bicyclic) bond motifs is 8. The average molecular weight is 744 g/mol. The van der Waals surface area contributed by atoms with E-state index in [-0.39, 0.29) is 95.5 Å². The van der Waals surface area contributed by atoms with Gasteiger partial charge in [-0.2, -0.15) is 0 Å². The summed E-state index contributed by atoms with van der Waals surface area (Å²) in [5.74, 6) is 0. The zero-order valence-corrected chi connectivity index (χ0v) is 29.4. The molecule has 0 atom stereocenters. The fourth-order valence-corrected chi connectivity index (χ4v) is 7.91. The van der Waals surface area contributed by atoms with Crippen molar-refractivity contribution in [1.29, 1.82) is 0 Å². The van der Waals surface area contributed by atoms with Gasteiger partial charge in [0.2, 0.25) is 0 Å². The van der Waals surface area contributed by atoms with Crippen molar-refractivity contribution < 1.29 is 33.2 Å². The normalized spacial score (nSPS) is 17.0. The molecule has 0 aliphatic heterocycles. The number of benzene rings is 11. The Morgan fingerprint density at radius 2 is 0.947 bits per heavy atom. The molecule has 0 radical (unpaired) electrons. The average Bonchev–Trinajstić information content (AvgIpc) is 3.27. The molecule has 1 heteroatoms. The van der Waals surface area contributed by atoms with Crippen molar-refractivity contribution in [3.63, 3.8) is 0 Å². The Labute approximate surface area is 359 Å². The first-order valence-electron chi connectivity index (χ1n) is 28.5. The second kappa shape index (κ2) is 12.5. The molecule has 1 nitrogen and oxygen atoms in total.